The number of nitrogens with zero attached hydrogens (tertiary/aromatic N) is 1. The molecular weight excluding hydrogens is 283 g/mol. The number of hydrogen-bond acceptors (Lipinski definition) is 4. The van der Waals surface area contributed by atoms with Crippen molar-refractivity contribution in [2.75, 3.05) is 11.1 Å². The van der Waals surface area contributed by atoms with Crippen molar-refractivity contribution in [3.05, 3.63) is 47.4 Å². The Morgan fingerprint density at radius 3 is 2.91 bits per heavy atom. The summed E-state index contributed by atoms with van der Waals surface area (Å²) in [6.45, 7) is 1.29. The molecule has 0 radical (unpaired) electrons. The fourth-order valence-electron chi connectivity index (χ4n) is 2.03. The molecule has 0 bridgehead atoms. The smallest absolute Gasteiger partial charge is 0.221 e. The normalized spacial score (nSPS) is 14.0. The summed E-state index contributed by atoms with van der Waals surface area (Å²) in [7, 11) is 0. The molecular formula is C16H17FN4O. The molecule has 0 spiro atoms. The number of rotatable bonds is 4. The number of nitrogen functional groups attached to an aromatic ring is 1. The Balaban J connectivity index is 2.25. The molecule has 114 valence electrons. The second-order valence-electron chi connectivity index (χ2n) is 4.92. The zero-order valence-corrected chi connectivity index (χ0v) is 12.2. The van der Waals surface area contributed by atoms with Crippen molar-refractivity contribution in [2.24, 2.45) is 4.99 Å². The maximum absolute atomic E-state index is 13.7. The van der Waals surface area contributed by atoms with Gasteiger partial charge in [0.15, 0.2) is 0 Å². The molecule has 6 heteroatoms. The van der Waals surface area contributed by atoms with Crippen LogP contribution in [0.4, 0.5) is 15.8 Å². The van der Waals surface area contributed by atoms with Gasteiger partial charge >= 0.3 is 0 Å². The summed E-state index contributed by atoms with van der Waals surface area (Å²) in [5, 5.41) is 10.5. The van der Waals surface area contributed by atoms with Gasteiger partial charge in [-0.1, -0.05) is 6.08 Å². The molecule has 1 aliphatic heterocycles. The van der Waals surface area contributed by atoms with E-state index in [0.29, 0.717) is 5.56 Å². The van der Waals surface area contributed by atoms with E-state index in [4.69, 9.17) is 11.1 Å². The van der Waals surface area contributed by atoms with E-state index in [1.165, 1.54) is 13.0 Å². The minimum atomic E-state index is -0.627. The molecule has 0 atom stereocenters. The molecule has 1 heterocycles. The molecule has 0 aliphatic carbocycles. The lowest BCUT2D eigenvalue weighted by molar-refractivity contribution is -0.114. The summed E-state index contributed by atoms with van der Waals surface area (Å²) in [4.78, 5) is 15.1. The van der Waals surface area contributed by atoms with Crippen molar-refractivity contribution in [1.82, 2.24) is 0 Å². The molecule has 0 saturated heterocycles. The van der Waals surface area contributed by atoms with Gasteiger partial charge in [-0.2, -0.15) is 0 Å². The minimum Gasteiger partial charge on any atom is -0.398 e. The highest BCUT2D eigenvalue weighted by molar-refractivity contribution is 6.11. The summed E-state index contributed by atoms with van der Waals surface area (Å²) < 4.78 is 13.7. The number of nitrogens with one attached hydrogen (secondary N) is 2. The standard InChI is InChI=1S/C16H17FN4O/c1-10(22)21-16-7-12(15(19)8-13(16)17)14(18)5-4-11-3-2-6-20-9-11/h4-9,18H,2-3,19H2,1H3,(H,21,22)/b5-4+,18-14?. The third kappa shape index (κ3) is 3.88. The number of halogens is 1. The van der Waals surface area contributed by atoms with Crippen LogP contribution in [0.3, 0.4) is 0 Å². The van der Waals surface area contributed by atoms with Gasteiger partial charge in [-0.05, 0) is 36.6 Å². The van der Waals surface area contributed by atoms with E-state index in [1.54, 1.807) is 18.4 Å². The van der Waals surface area contributed by atoms with E-state index in [1.807, 2.05) is 6.21 Å². The van der Waals surface area contributed by atoms with Gasteiger partial charge in [0.1, 0.15) is 5.82 Å². The number of nitrogens with two attached hydrogens (primary N) is 1. The summed E-state index contributed by atoms with van der Waals surface area (Å²) in [5.74, 6) is -1.01. The van der Waals surface area contributed by atoms with Gasteiger partial charge in [0.2, 0.25) is 5.91 Å². The van der Waals surface area contributed by atoms with E-state index in [2.05, 4.69) is 10.3 Å². The molecule has 0 saturated carbocycles. The molecule has 0 unspecified atom stereocenters. The van der Waals surface area contributed by atoms with E-state index >= 15 is 0 Å². The molecule has 1 amide bonds. The van der Waals surface area contributed by atoms with Gasteiger partial charge in [0.25, 0.3) is 0 Å². The third-order valence-electron chi connectivity index (χ3n) is 3.11. The average Bonchev–Trinajstić information content (AvgIpc) is 2.48. The number of aliphatic imine (C=N–C) groups is 1. The van der Waals surface area contributed by atoms with Gasteiger partial charge < -0.3 is 16.5 Å². The topological polar surface area (TPSA) is 91.3 Å². The van der Waals surface area contributed by atoms with Gasteiger partial charge in [0, 0.05) is 30.6 Å². The first-order chi connectivity index (χ1) is 10.5. The van der Waals surface area contributed by atoms with Crippen LogP contribution in [0.5, 0.6) is 0 Å². The fourth-order valence-corrected chi connectivity index (χ4v) is 2.03. The third-order valence-corrected chi connectivity index (χ3v) is 3.11. The van der Waals surface area contributed by atoms with E-state index in [9.17, 15) is 9.18 Å². The molecule has 0 aromatic heterocycles. The Morgan fingerprint density at radius 1 is 1.50 bits per heavy atom. The number of hydrogen-bond donors (Lipinski definition) is 3. The fraction of sp³-hybridized carbons (Fsp3) is 0.188. The van der Waals surface area contributed by atoms with Crippen molar-refractivity contribution in [2.45, 2.75) is 19.8 Å². The Hall–Kier alpha value is -2.76. The lowest BCUT2D eigenvalue weighted by atomic mass is 10.0. The second-order valence-corrected chi connectivity index (χ2v) is 4.92. The van der Waals surface area contributed by atoms with Crippen LogP contribution in [-0.2, 0) is 4.79 Å². The SMILES string of the molecule is CC(=O)Nc1cc(C(=N)/C=C/C2=CN=CCC2)c(N)cc1F. The summed E-state index contributed by atoms with van der Waals surface area (Å²) >= 11 is 0. The predicted molar refractivity (Wildman–Crippen MR) is 86.9 cm³/mol. The molecule has 5 nitrogen and oxygen atoms in total. The Morgan fingerprint density at radius 2 is 2.27 bits per heavy atom. The second kappa shape index (κ2) is 6.80. The van der Waals surface area contributed by atoms with Crippen molar-refractivity contribution >= 4 is 29.2 Å². The van der Waals surface area contributed by atoms with Crippen LogP contribution >= 0.6 is 0 Å². The van der Waals surface area contributed by atoms with Crippen LogP contribution in [0.15, 0.2) is 41.1 Å². The van der Waals surface area contributed by atoms with Crippen LogP contribution in [0.1, 0.15) is 25.3 Å². The number of anilines is 2. The Kier molecular flexibility index (Phi) is 4.83. The van der Waals surface area contributed by atoms with Crippen LogP contribution in [-0.4, -0.2) is 17.8 Å². The first-order valence-electron chi connectivity index (χ1n) is 6.81. The largest absolute Gasteiger partial charge is 0.398 e. The van der Waals surface area contributed by atoms with E-state index in [-0.39, 0.29) is 23.0 Å². The van der Waals surface area contributed by atoms with Crippen LogP contribution in [0.25, 0.3) is 0 Å². The predicted octanol–water partition coefficient (Wildman–Crippen LogP) is 3.04. The Bertz CT molecular complexity index is 704. The zero-order chi connectivity index (χ0) is 16.1. The quantitative estimate of drug-likeness (QED) is 0.589. The van der Waals surface area contributed by atoms with Crippen molar-refractivity contribution in [1.29, 1.82) is 5.41 Å². The van der Waals surface area contributed by atoms with Crippen molar-refractivity contribution in [3.8, 4) is 0 Å². The maximum atomic E-state index is 13.7. The van der Waals surface area contributed by atoms with Crippen LogP contribution < -0.4 is 11.1 Å². The number of carbonyl (C=O) groups is 1. The van der Waals surface area contributed by atoms with Crippen molar-refractivity contribution < 1.29 is 9.18 Å². The lowest BCUT2D eigenvalue weighted by Crippen LogP contribution is -2.10. The zero-order valence-electron chi connectivity index (χ0n) is 12.2. The highest BCUT2D eigenvalue weighted by Crippen LogP contribution is 2.23. The van der Waals surface area contributed by atoms with Crippen molar-refractivity contribution in [3.63, 3.8) is 0 Å². The number of carbonyl (C=O) groups excluding carboxylic acids is 1. The first kappa shape index (κ1) is 15.6. The van der Waals surface area contributed by atoms with E-state index in [0.717, 1.165) is 24.5 Å². The number of allylic oxidation sites excluding steroid dienone is 3. The van der Waals surface area contributed by atoms with Gasteiger partial charge in [-0.25, -0.2) is 4.39 Å². The highest BCUT2D eigenvalue weighted by Gasteiger charge is 2.11. The van der Waals surface area contributed by atoms with Gasteiger partial charge in [-0.3, -0.25) is 9.79 Å². The molecule has 1 aromatic carbocycles. The Labute approximate surface area is 127 Å². The minimum absolute atomic E-state index is 0.0105. The first-order valence-corrected chi connectivity index (χ1v) is 6.81. The summed E-state index contributed by atoms with van der Waals surface area (Å²) in [6.07, 6.45) is 8.69. The molecule has 1 aliphatic rings. The molecule has 2 rings (SSSR count). The van der Waals surface area contributed by atoms with Gasteiger partial charge in [-0.15, -0.1) is 0 Å². The molecule has 1 aromatic rings. The molecule has 22 heavy (non-hydrogen) atoms. The van der Waals surface area contributed by atoms with Crippen LogP contribution in [0, 0.1) is 11.2 Å². The van der Waals surface area contributed by atoms with Gasteiger partial charge in [0.05, 0.1) is 11.4 Å². The molecule has 4 N–H and O–H groups in total. The molecule has 0 fully saturated rings. The lowest BCUT2D eigenvalue weighted by Gasteiger charge is -2.10. The highest BCUT2D eigenvalue weighted by atomic mass is 19.1. The summed E-state index contributed by atoms with van der Waals surface area (Å²) in [6, 6.07) is 2.47. The average molecular weight is 300 g/mol. The monoisotopic (exact) mass is 300 g/mol. The maximum Gasteiger partial charge on any atom is 0.221 e. The number of amides is 1. The van der Waals surface area contributed by atoms with E-state index < -0.39 is 5.82 Å². The summed E-state index contributed by atoms with van der Waals surface area (Å²) in [5.41, 5.74) is 7.44. The van der Waals surface area contributed by atoms with Crippen LogP contribution in [0.2, 0.25) is 0 Å². The number of benzene rings is 1.